The molecule has 1 saturated heterocycles. The van der Waals surface area contributed by atoms with E-state index in [9.17, 15) is 29.3 Å². The summed E-state index contributed by atoms with van der Waals surface area (Å²) in [7, 11) is 1.68. The van der Waals surface area contributed by atoms with E-state index in [0.717, 1.165) is 12.0 Å². The highest BCUT2D eigenvalue weighted by molar-refractivity contribution is 5.70. The van der Waals surface area contributed by atoms with E-state index in [2.05, 4.69) is 19.2 Å². The monoisotopic (exact) mass is 735 g/mol. The SMILES string of the molecule is CC[C@H](OC)[C@@H](C)[C@H]1O[C@@H]1C(NCc1ccc(F)cc1)C(C)(O)/C=C/C=C(\C)C1OC(=O)C[C@H](O)CC[C@@](C)(O)[C@@H](OC(C)=O)/C=C/[C@@H]1C.O=CO. The van der Waals surface area contributed by atoms with Gasteiger partial charge in [0.2, 0.25) is 0 Å². The van der Waals surface area contributed by atoms with Crippen molar-refractivity contribution < 1.29 is 58.1 Å². The lowest BCUT2D eigenvalue weighted by Crippen LogP contribution is -2.52. The minimum absolute atomic E-state index is 0.0000528. The van der Waals surface area contributed by atoms with Gasteiger partial charge in [0, 0.05) is 32.4 Å². The predicted octanol–water partition coefficient (Wildman–Crippen LogP) is 4.40. The average Bonchev–Trinajstić information content (AvgIpc) is 3.86. The highest BCUT2D eigenvalue weighted by Gasteiger charge is 2.54. The molecule has 5 N–H and O–H groups in total. The first kappa shape index (κ1) is 44.7. The fourth-order valence-corrected chi connectivity index (χ4v) is 6.50. The molecule has 52 heavy (non-hydrogen) atoms. The van der Waals surface area contributed by atoms with E-state index < -0.39 is 53.4 Å². The fourth-order valence-electron chi connectivity index (χ4n) is 6.50. The molecule has 2 aliphatic rings. The van der Waals surface area contributed by atoms with Crippen molar-refractivity contribution in [1.82, 2.24) is 5.32 Å². The number of methoxy groups -OCH3 is 1. The van der Waals surface area contributed by atoms with Crippen LogP contribution in [0.3, 0.4) is 0 Å². The quantitative estimate of drug-likeness (QED) is 0.0634. The van der Waals surface area contributed by atoms with Gasteiger partial charge < -0.3 is 44.7 Å². The van der Waals surface area contributed by atoms with Crippen molar-refractivity contribution in [3.8, 4) is 0 Å². The number of carbonyl (C=O) groups excluding carboxylic acids is 2. The molecule has 13 heteroatoms. The lowest BCUT2D eigenvalue weighted by Gasteiger charge is -2.32. The van der Waals surface area contributed by atoms with Gasteiger partial charge in [-0.15, -0.1) is 0 Å². The molecule has 0 aliphatic carbocycles. The van der Waals surface area contributed by atoms with Crippen LogP contribution in [0.1, 0.15) is 79.7 Å². The zero-order valence-electron chi connectivity index (χ0n) is 31.5. The Hall–Kier alpha value is -3.46. The van der Waals surface area contributed by atoms with Gasteiger partial charge in [-0.2, -0.15) is 0 Å². The highest BCUT2D eigenvalue weighted by Crippen LogP contribution is 2.39. The Morgan fingerprint density at radius 3 is 2.42 bits per heavy atom. The number of nitrogens with one attached hydrogen (secondary N) is 1. The molecule has 2 heterocycles. The van der Waals surface area contributed by atoms with E-state index in [1.807, 2.05) is 6.92 Å². The molecular formula is C39H58FNO11. The number of benzene rings is 1. The number of hydrogen-bond acceptors (Lipinski definition) is 11. The molecule has 1 aromatic carbocycles. The van der Waals surface area contributed by atoms with Crippen LogP contribution in [0.15, 0.2) is 60.2 Å². The van der Waals surface area contributed by atoms with Crippen molar-refractivity contribution >= 4 is 18.4 Å². The molecule has 11 atom stereocenters. The molecule has 0 radical (unpaired) electrons. The van der Waals surface area contributed by atoms with Gasteiger partial charge in [-0.3, -0.25) is 14.4 Å². The molecule has 3 rings (SSSR count). The second-order valence-electron chi connectivity index (χ2n) is 14.1. The highest BCUT2D eigenvalue weighted by atomic mass is 19.1. The summed E-state index contributed by atoms with van der Waals surface area (Å²) in [6.45, 7) is 12.4. The predicted molar refractivity (Wildman–Crippen MR) is 192 cm³/mol. The lowest BCUT2D eigenvalue weighted by atomic mass is 9.87. The van der Waals surface area contributed by atoms with Crippen LogP contribution in [0.5, 0.6) is 0 Å². The number of ether oxygens (including phenoxy) is 4. The minimum atomic E-state index is -1.47. The number of hydrogen-bond donors (Lipinski definition) is 5. The molecule has 0 saturated carbocycles. The first-order valence-corrected chi connectivity index (χ1v) is 17.7. The number of cyclic esters (lactones) is 1. The minimum Gasteiger partial charge on any atom is -0.483 e. The first-order valence-electron chi connectivity index (χ1n) is 17.7. The van der Waals surface area contributed by atoms with Gasteiger partial charge in [0.1, 0.15) is 29.7 Å². The van der Waals surface area contributed by atoms with Crippen LogP contribution >= 0.6 is 0 Å². The van der Waals surface area contributed by atoms with Gasteiger partial charge in [0.05, 0.1) is 36.4 Å². The molecule has 1 fully saturated rings. The maximum atomic E-state index is 13.5. The van der Waals surface area contributed by atoms with E-state index in [4.69, 9.17) is 28.8 Å². The summed E-state index contributed by atoms with van der Waals surface area (Å²) in [5.41, 5.74) is -1.35. The van der Waals surface area contributed by atoms with Gasteiger partial charge in [0.25, 0.3) is 6.47 Å². The van der Waals surface area contributed by atoms with Gasteiger partial charge in [-0.25, -0.2) is 4.39 Å². The van der Waals surface area contributed by atoms with E-state index in [1.165, 1.54) is 26.0 Å². The molecule has 292 valence electrons. The normalized spacial score (nSPS) is 30.5. The Kier molecular flexibility index (Phi) is 17.8. The zero-order chi connectivity index (χ0) is 39.2. The average molecular weight is 736 g/mol. The molecule has 1 aromatic rings. The lowest BCUT2D eigenvalue weighted by molar-refractivity contribution is -0.157. The summed E-state index contributed by atoms with van der Waals surface area (Å²) in [6, 6.07) is 5.64. The summed E-state index contributed by atoms with van der Waals surface area (Å²) in [5, 5.41) is 43.7. The molecular weight excluding hydrogens is 677 g/mol. The molecule has 12 nitrogen and oxygen atoms in total. The van der Waals surface area contributed by atoms with Crippen LogP contribution in [0.2, 0.25) is 0 Å². The van der Waals surface area contributed by atoms with Crippen molar-refractivity contribution in [3.63, 3.8) is 0 Å². The van der Waals surface area contributed by atoms with Crippen LogP contribution in [-0.2, 0) is 39.9 Å². The van der Waals surface area contributed by atoms with E-state index in [1.54, 1.807) is 63.5 Å². The van der Waals surface area contributed by atoms with Gasteiger partial charge >= 0.3 is 11.9 Å². The van der Waals surface area contributed by atoms with E-state index in [0.29, 0.717) is 12.1 Å². The third-order valence-electron chi connectivity index (χ3n) is 9.63. The van der Waals surface area contributed by atoms with Crippen LogP contribution in [0.4, 0.5) is 4.39 Å². The number of allylic oxidation sites excluding steroid dienone is 2. The molecule has 2 aliphatic heterocycles. The second kappa shape index (κ2) is 20.7. The van der Waals surface area contributed by atoms with Crippen molar-refractivity contribution in [1.29, 1.82) is 0 Å². The number of aliphatic hydroxyl groups excluding tert-OH is 1. The number of halogens is 1. The van der Waals surface area contributed by atoms with Gasteiger partial charge in [-0.1, -0.05) is 57.2 Å². The first-order chi connectivity index (χ1) is 24.4. The van der Waals surface area contributed by atoms with Gasteiger partial charge in [-0.05, 0) is 69.4 Å². The van der Waals surface area contributed by atoms with Gasteiger partial charge in [0.15, 0.2) is 0 Å². The third kappa shape index (κ3) is 13.8. The van der Waals surface area contributed by atoms with Crippen LogP contribution < -0.4 is 5.32 Å². The standard InChI is InChI=1S/C38H56FNO9.CH2O2/c1-9-30(46-8)25(4)34-35(49-34)36(40-22-27-13-15-28(39)16-14-27)38(7,45)19-10-11-23(2)33-24(3)12-17-31(47-26(5)41)37(6,44)20-18-29(42)21-32(43)48-33;2-1-3/h10-17,19,24-25,29-31,33-36,40,42,44-45H,9,18,20-22H2,1-8H3;1H,(H,2,3)/b17-12+,19-10+,23-11+;/t24-,25+,29+,30-,31-,33?,34+,35-,36?,37+,38?;/m0./s1. The summed E-state index contributed by atoms with van der Waals surface area (Å²) in [6.07, 6.45) is 5.98. The maximum absolute atomic E-state index is 13.5. The number of esters is 2. The van der Waals surface area contributed by atoms with E-state index >= 15 is 0 Å². The summed E-state index contributed by atoms with van der Waals surface area (Å²) in [4.78, 5) is 33.0. The number of epoxide rings is 1. The van der Waals surface area contributed by atoms with Crippen molar-refractivity contribution in [2.45, 2.75) is 135 Å². The summed E-state index contributed by atoms with van der Waals surface area (Å²) in [5.74, 6) is -1.79. The van der Waals surface area contributed by atoms with Crippen LogP contribution in [0, 0.1) is 17.7 Å². The van der Waals surface area contributed by atoms with Crippen molar-refractivity contribution in [2.75, 3.05) is 7.11 Å². The second-order valence-corrected chi connectivity index (χ2v) is 14.1. The fraction of sp³-hybridized carbons (Fsp3) is 0.615. The Morgan fingerprint density at radius 2 is 1.85 bits per heavy atom. The molecule has 3 unspecified atom stereocenters. The Morgan fingerprint density at radius 1 is 1.21 bits per heavy atom. The molecule has 0 aromatic heterocycles. The number of aliphatic hydroxyl groups is 3. The Balaban J connectivity index is 0.00000301. The Labute approximate surface area is 306 Å². The molecule has 0 bridgehead atoms. The van der Waals surface area contributed by atoms with Crippen LogP contribution in [-0.4, -0.2) is 99.8 Å². The zero-order valence-corrected chi connectivity index (χ0v) is 31.5. The van der Waals surface area contributed by atoms with Crippen LogP contribution in [0.25, 0.3) is 0 Å². The topological polar surface area (TPSA) is 184 Å². The Bertz CT molecular complexity index is 1370. The summed E-state index contributed by atoms with van der Waals surface area (Å²) < 4.78 is 36.6. The summed E-state index contributed by atoms with van der Waals surface area (Å²) >= 11 is 0. The number of carboxylic acid groups (broad SMARTS) is 1. The smallest absolute Gasteiger partial charge is 0.309 e. The maximum Gasteiger partial charge on any atom is 0.309 e. The molecule has 0 spiro atoms. The molecule has 0 amide bonds. The number of carbonyl (C=O) groups is 3. The number of rotatable bonds is 13. The largest absolute Gasteiger partial charge is 0.483 e. The van der Waals surface area contributed by atoms with Crippen molar-refractivity contribution in [2.24, 2.45) is 11.8 Å². The third-order valence-corrected chi connectivity index (χ3v) is 9.63. The van der Waals surface area contributed by atoms with E-state index in [-0.39, 0.29) is 55.8 Å². The van der Waals surface area contributed by atoms with Crippen molar-refractivity contribution in [3.05, 3.63) is 71.6 Å².